The lowest BCUT2D eigenvalue weighted by atomic mass is 10.00. The lowest BCUT2D eigenvalue weighted by molar-refractivity contribution is 0.0600. The first-order valence-electron chi connectivity index (χ1n) is 8.07. The van der Waals surface area contributed by atoms with Gasteiger partial charge in [0.25, 0.3) is 5.91 Å². The molecule has 1 aromatic carbocycles. The third-order valence-corrected chi connectivity index (χ3v) is 4.46. The minimum absolute atomic E-state index is 0.0793. The van der Waals surface area contributed by atoms with Gasteiger partial charge in [-0.3, -0.25) is 4.79 Å². The van der Waals surface area contributed by atoms with Crippen molar-refractivity contribution in [3.05, 3.63) is 40.9 Å². The first-order chi connectivity index (χ1) is 11.6. The highest BCUT2D eigenvalue weighted by atomic mass is 35.5. The van der Waals surface area contributed by atoms with Crippen LogP contribution >= 0.6 is 11.6 Å². The molecule has 1 aliphatic rings. The summed E-state index contributed by atoms with van der Waals surface area (Å²) in [5.74, 6) is 0.730. The van der Waals surface area contributed by atoms with Crippen molar-refractivity contribution >= 4 is 17.5 Å². The molecule has 2 aromatic rings. The maximum Gasteiger partial charge on any atom is 0.254 e. The van der Waals surface area contributed by atoms with Crippen molar-refractivity contribution in [1.82, 2.24) is 14.9 Å². The van der Waals surface area contributed by atoms with Gasteiger partial charge in [-0.05, 0) is 38.3 Å². The average molecular weight is 350 g/mol. The molecule has 0 radical (unpaired) electrons. The molecule has 0 spiro atoms. The van der Waals surface area contributed by atoms with Gasteiger partial charge in [-0.1, -0.05) is 11.6 Å². The Hall–Kier alpha value is -2.21. The minimum atomic E-state index is -0.142. The van der Waals surface area contributed by atoms with Gasteiger partial charge in [-0.2, -0.15) is 0 Å². The second-order valence-corrected chi connectivity index (χ2v) is 6.13. The van der Waals surface area contributed by atoms with Crippen molar-refractivity contribution in [2.75, 3.05) is 13.2 Å². The molecule has 128 valence electrons. The van der Waals surface area contributed by atoms with Gasteiger partial charge in [0.15, 0.2) is 11.5 Å². The number of nitrogens with zero attached hydrogens (tertiary/aromatic N) is 2. The van der Waals surface area contributed by atoms with Gasteiger partial charge in [-0.25, -0.2) is 4.98 Å². The van der Waals surface area contributed by atoms with Crippen molar-refractivity contribution < 1.29 is 14.6 Å². The number of aromatic amines is 1. The van der Waals surface area contributed by atoms with Crippen LogP contribution in [0.2, 0.25) is 5.02 Å². The molecule has 1 fully saturated rings. The number of rotatable bonds is 4. The summed E-state index contributed by atoms with van der Waals surface area (Å²) in [6.45, 7) is 2.84. The number of aromatic hydroxyl groups is 1. The number of benzene rings is 1. The molecule has 0 unspecified atom stereocenters. The number of hydrogen-bond acceptors (Lipinski definition) is 4. The van der Waals surface area contributed by atoms with E-state index in [0.717, 1.165) is 25.1 Å². The quantitative estimate of drug-likeness (QED) is 0.885. The molecule has 0 saturated carbocycles. The number of carbonyl (C=O) groups is 1. The Kier molecular flexibility index (Phi) is 4.94. The van der Waals surface area contributed by atoms with E-state index in [-0.39, 0.29) is 28.5 Å². The Bertz CT molecular complexity index is 718. The molecule has 7 heteroatoms. The van der Waals surface area contributed by atoms with Crippen LogP contribution < -0.4 is 4.74 Å². The Labute approximate surface area is 145 Å². The molecular weight excluding hydrogens is 330 g/mol. The highest BCUT2D eigenvalue weighted by Gasteiger charge is 2.31. The number of amides is 1. The van der Waals surface area contributed by atoms with Crippen molar-refractivity contribution in [3.8, 4) is 11.5 Å². The predicted octanol–water partition coefficient (Wildman–Crippen LogP) is 3.53. The second-order valence-electron chi connectivity index (χ2n) is 5.72. The molecule has 0 aliphatic carbocycles. The van der Waals surface area contributed by atoms with E-state index >= 15 is 0 Å². The number of phenols is 1. The van der Waals surface area contributed by atoms with Crippen molar-refractivity contribution in [2.45, 2.75) is 32.2 Å². The smallest absolute Gasteiger partial charge is 0.254 e. The van der Waals surface area contributed by atoms with Crippen LogP contribution in [-0.4, -0.2) is 39.0 Å². The van der Waals surface area contributed by atoms with Gasteiger partial charge in [0.05, 0.1) is 17.7 Å². The zero-order valence-electron chi connectivity index (χ0n) is 13.5. The summed E-state index contributed by atoms with van der Waals surface area (Å²) in [4.78, 5) is 22.2. The zero-order valence-corrected chi connectivity index (χ0v) is 14.2. The number of H-pyrrole nitrogens is 1. The Morgan fingerprint density at radius 1 is 1.50 bits per heavy atom. The minimum Gasteiger partial charge on any atom is -0.503 e. The summed E-state index contributed by atoms with van der Waals surface area (Å²) in [6, 6.07) is 2.94. The fourth-order valence-electron chi connectivity index (χ4n) is 3.05. The summed E-state index contributed by atoms with van der Waals surface area (Å²) in [6.07, 6.45) is 6.32. The van der Waals surface area contributed by atoms with E-state index in [1.54, 1.807) is 30.3 Å². The number of phenolic OH excluding ortho intramolecular Hbond substituents is 1. The number of carbonyl (C=O) groups excluding carboxylic acids is 1. The summed E-state index contributed by atoms with van der Waals surface area (Å²) < 4.78 is 5.37. The van der Waals surface area contributed by atoms with Gasteiger partial charge >= 0.3 is 0 Å². The maximum absolute atomic E-state index is 13.0. The standard InChI is InChI=1S/C17H20ClN3O3/c1-2-24-14-10-11(9-12(18)15(14)22)17(23)21-8-4-3-5-13(21)16-19-6-7-20-16/h6-7,9-10,13,22H,2-5,8H2,1H3,(H,19,20)/t13-/m0/s1. The van der Waals surface area contributed by atoms with Crippen LogP contribution in [0.25, 0.3) is 0 Å². The molecule has 2 N–H and O–H groups in total. The number of nitrogens with one attached hydrogen (secondary N) is 1. The molecule has 6 nitrogen and oxygen atoms in total. The molecular formula is C17H20ClN3O3. The van der Waals surface area contributed by atoms with Crippen LogP contribution in [0.1, 0.15) is 48.4 Å². The molecule has 0 bridgehead atoms. The fourth-order valence-corrected chi connectivity index (χ4v) is 3.26. The van der Waals surface area contributed by atoms with Gasteiger partial charge < -0.3 is 19.7 Å². The lowest BCUT2D eigenvalue weighted by Crippen LogP contribution is -2.39. The highest BCUT2D eigenvalue weighted by Crippen LogP contribution is 2.37. The first kappa shape index (κ1) is 16.6. The van der Waals surface area contributed by atoms with Crippen molar-refractivity contribution in [1.29, 1.82) is 0 Å². The highest BCUT2D eigenvalue weighted by molar-refractivity contribution is 6.32. The van der Waals surface area contributed by atoms with E-state index < -0.39 is 0 Å². The largest absolute Gasteiger partial charge is 0.503 e. The lowest BCUT2D eigenvalue weighted by Gasteiger charge is -2.34. The van der Waals surface area contributed by atoms with Gasteiger partial charge in [0, 0.05) is 24.5 Å². The summed E-state index contributed by atoms with van der Waals surface area (Å²) >= 11 is 6.05. The van der Waals surface area contributed by atoms with Crippen LogP contribution in [0, 0.1) is 0 Å². The third-order valence-electron chi connectivity index (χ3n) is 4.17. The van der Waals surface area contributed by atoms with Gasteiger partial charge in [0.2, 0.25) is 0 Å². The van der Waals surface area contributed by atoms with E-state index in [2.05, 4.69) is 9.97 Å². The number of hydrogen-bond donors (Lipinski definition) is 2. The van der Waals surface area contributed by atoms with Crippen LogP contribution in [0.4, 0.5) is 0 Å². The molecule has 1 amide bonds. The Balaban J connectivity index is 1.92. The van der Waals surface area contributed by atoms with Crippen molar-refractivity contribution in [3.63, 3.8) is 0 Å². The van der Waals surface area contributed by atoms with Gasteiger partial charge in [0.1, 0.15) is 5.82 Å². The number of piperidine rings is 1. The number of halogens is 1. The number of imidazole rings is 1. The molecule has 1 aliphatic heterocycles. The Morgan fingerprint density at radius 3 is 3.04 bits per heavy atom. The third kappa shape index (κ3) is 3.19. The van der Waals surface area contributed by atoms with Crippen LogP contribution in [0.5, 0.6) is 11.5 Å². The van der Waals surface area contributed by atoms with E-state index in [1.165, 1.54) is 6.07 Å². The van der Waals surface area contributed by atoms with E-state index in [9.17, 15) is 9.90 Å². The molecule has 1 aromatic heterocycles. The van der Waals surface area contributed by atoms with Gasteiger partial charge in [-0.15, -0.1) is 0 Å². The Morgan fingerprint density at radius 2 is 2.33 bits per heavy atom. The molecule has 24 heavy (non-hydrogen) atoms. The SMILES string of the molecule is CCOc1cc(C(=O)N2CCCC[C@H]2c2ncc[nH]2)cc(Cl)c1O. The van der Waals surface area contributed by atoms with E-state index in [0.29, 0.717) is 18.7 Å². The normalized spacial score (nSPS) is 17.8. The van der Waals surface area contributed by atoms with Crippen molar-refractivity contribution in [2.24, 2.45) is 0 Å². The monoisotopic (exact) mass is 349 g/mol. The molecule has 2 heterocycles. The molecule has 3 rings (SSSR count). The summed E-state index contributed by atoms with van der Waals surface area (Å²) in [7, 11) is 0. The van der Waals surface area contributed by atoms with Crippen LogP contribution in [0.3, 0.4) is 0 Å². The predicted molar refractivity (Wildman–Crippen MR) is 90.5 cm³/mol. The number of likely N-dealkylation sites (tertiary alicyclic amines) is 1. The first-order valence-corrected chi connectivity index (χ1v) is 8.45. The second kappa shape index (κ2) is 7.13. The zero-order chi connectivity index (χ0) is 17.1. The fraction of sp³-hybridized carbons (Fsp3) is 0.412. The topological polar surface area (TPSA) is 78.5 Å². The van der Waals surface area contributed by atoms with E-state index in [4.69, 9.17) is 16.3 Å². The average Bonchev–Trinajstić information content (AvgIpc) is 3.13. The van der Waals surface area contributed by atoms with Crippen LogP contribution in [-0.2, 0) is 0 Å². The maximum atomic E-state index is 13.0. The number of aromatic nitrogens is 2. The summed E-state index contributed by atoms with van der Waals surface area (Å²) in [5, 5.41) is 10.1. The number of ether oxygens (including phenoxy) is 1. The summed E-state index contributed by atoms with van der Waals surface area (Å²) in [5.41, 5.74) is 0.403. The molecule has 1 saturated heterocycles. The van der Waals surface area contributed by atoms with Crippen LogP contribution in [0.15, 0.2) is 24.5 Å². The van der Waals surface area contributed by atoms with E-state index in [1.807, 2.05) is 0 Å². The molecule has 1 atom stereocenters.